The highest BCUT2D eigenvalue weighted by molar-refractivity contribution is 7.90. The summed E-state index contributed by atoms with van der Waals surface area (Å²) < 4.78 is 34.0. The maximum absolute atomic E-state index is 11.6. The maximum Gasteiger partial charge on any atom is 0.175 e. The van der Waals surface area contributed by atoms with Gasteiger partial charge in [0.25, 0.3) is 0 Å². The van der Waals surface area contributed by atoms with Crippen LogP contribution in [0.2, 0.25) is 0 Å². The number of nitrogens with one attached hydrogen (secondary N) is 1. The fourth-order valence-electron chi connectivity index (χ4n) is 1.96. The number of hydrogen-bond donors (Lipinski definition) is 1. The second-order valence-corrected chi connectivity index (χ2v) is 6.26. The van der Waals surface area contributed by atoms with E-state index in [4.69, 9.17) is 9.47 Å². The lowest BCUT2D eigenvalue weighted by Gasteiger charge is -2.25. The van der Waals surface area contributed by atoms with Gasteiger partial charge in [0.2, 0.25) is 0 Å². The fraction of sp³-hybridized carbons (Fsp3) is 0.500. The zero-order valence-corrected chi connectivity index (χ0v) is 11.3. The summed E-state index contributed by atoms with van der Waals surface area (Å²) in [5, 5.41) is 3.21. The molecular weight excluding hydrogens is 254 g/mol. The highest BCUT2D eigenvalue weighted by Gasteiger charge is 2.21. The smallest absolute Gasteiger partial charge is 0.175 e. The molecule has 1 heterocycles. The molecule has 18 heavy (non-hydrogen) atoms. The first-order valence-electron chi connectivity index (χ1n) is 5.72. The second-order valence-electron chi connectivity index (χ2n) is 4.24. The zero-order chi connectivity index (χ0) is 13.2. The standard InChI is InChI=1S/C12H17NO4S/c1-16-11-4-3-9(18(2,14)15)7-10(11)12-8-13-5-6-17-12/h3-4,7,12-13H,5-6,8H2,1-2H3. The molecule has 0 spiro atoms. The minimum Gasteiger partial charge on any atom is -0.496 e. The highest BCUT2D eigenvalue weighted by atomic mass is 32.2. The minimum atomic E-state index is -3.22. The summed E-state index contributed by atoms with van der Waals surface area (Å²) in [6.45, 7) is 2.07. The number of ether oxygens (including phenoxy) is 2. The monoisotopic (exact) mass is 271 g/mol. The Balaban J connectivity index is 2.42. The van der Waals surface area contributed by atoms with Gasteiger partial charge in [-0.05, 0) is 18.2 Å². The van der Waals surface area contributed by atoms with Crippen LogP contribution in [-0.2, 0) is 14.6 Å². The molecule has 100 valence electrons. The maximum atomic E-state index is 11.6. The molecule has 0 amide bonds. The van der Waals surface area contributed by atoms with Crippen molar-refractivity contribution in [2.45, 2.75) is 11.0 Å². The molecule has 1 N–H and O–H groups in total. The lowest BCUT2D eigenvalue weighted by molar-refractivity contribution is 0.0261. The van der Waals surface area contributed by atoms with E-state index in [0.29, 0.717) is 18.9 Å². The molecule has 1 aromatic carbocycles. The Morgan fingerprint density at radius 1 is 1.44 bits per heavy atom. The number of hydrogen-bond acceptors (Lipinski definition) is 5. The molecule has 2 rings (SSSR count). The van der Waals surface area contributed by atoms with Gasteiger partial charge in [-0.15, -0.1) is 0 Å². The van der Waals surface area contributed by atoms with Crippen LogP contribution in [-0.4, -0.2) is 41.5 Å². The van der Waals surface area contributed by atoms with E-state index in [9.17, 15) is 8.42 Å². The first kappa shape index (κ1) is 13.3. The van der Waals surface area contributed by atoms with E-state index in [0.717, 1.165) is 12.1 Å². The third-order valence-electron chi connectivity index (χ3n) is 2.90. The van der Waals surface area contributed by atoms with Crippen molar-refractivity contribution in [3.63, 3.8) is 0 Å². The Hall–Kier alpha value is -1.11. The van der Waals surface area contributed by atoms with Crippen molar-refractivity contribution in [3.8, 4) is 5.75 Å². The van der Waals surface area contributed by atoms with Gasteiger partial charge in [-0.25, -0.2) is 8.42 Å². The Kier molecular flexibility index (Phi) is 3.89. The van der Waals surface area contributed by atoms with Crippen molar-refractivity contribution >= 4 is 9.84 Å². The fourth-order valence-corrected chi connectivity index (χ4v) is 2.62. The van der Waals surface area contributed by atoms with E-state index in [-0.39, 0.29) is 11.0 Å². The Morgan fingerprint density at radius 2 is 2.22 bits per heavy atom. The average Bonchev–Trinajstić information content (AvgIpc) is 2.38. The van der Waals surface area contributed by atoms with Gasteiger partial charge in [-0.3, -0.25) is 0 Å². The highest BCUT2D eigenvalue weighted by Crippen LogP contribution is 2.30. The summed E-state index contributed by atoms with van der Waals surface area (Å²) in [6, 6.07) is 4.85. The van der Waals surface area contributed by atoms with Gasteiger partial charge in [0.1, 0.15) is 5.75 Å². The molecule has 5 nitrogen and oxygen atoms in total. The van der Waals surface area contributed by atoms with Gasteiger partial charge < -0.3 is 14.8 Å². The molecule has 1 aliphatic rings. The lowest BCUT2D eigenvalue weighted by atomic mass is 10.1. The molecule has 0 saturated carbocycles. The number of methoxy groups -OCH3 is 1. The van der Waals surface area contributed by atoms with Crippen molar-refractivity contribution in [1.29, 1.82) is 0 Å². The Bertz CT molecular complexity index is 521. The van der Waals surface area contributed by atoms with Gasteiger partial charge in [-0.1, -0.05) is 0 Å². The third kappa shape index (κ3) is 2.82. The van der Waals surface area contributed by atoms with E-state index in [1.165, 1.54) is 6.26 Å². The molecule has 0 aromatic heterocycles. The molecule has 1 fully saturated rings. The van der Waals surface area contributed by atoms with Crippen LogP contribution in [0.1, 0.15) is 11.7 Å². The predicted octanol–water partition coefficient (Wildman–Crippen LogP) is 0.760. The third-order valence-corrected chi connectivity index (χ3v) is 4.01. The van der Waals surface area contributed by atoms with Crippen LogP contribution in [0.3, 0.4) is 0 Å². The number of morpholine rings is 1. The van der Waals surface area contributed by atoms with Crippen molar-refractivity contribution in [2.75, 3.05) is 33.1 Å². The van der Waals surface area contributed by atoms with Crippen LogP contribution in [0.15, 0.2) is 23.1 Å². The van der Waals surface area contributed by atoms with E-state index < -0.39 is 9.84 Å². The van der Waals surface area contributed by atoms with Gasteiger partial charge in [0.15, 0.2) is 9.84 Å². The molecule has 1 atom stereocenters. The van der Waals surface area contributed by atoms with Gasteiger partial charge in [0, 0.05) is 24.9 Å². The molecular formula is C12H17NO4S. The number of benzene rings is 1. The molecule has 1 aromatic rings. The van der Waals surface area contributed by atoms with Crippen LogP contribution in [0.4, 0.5) is 0 Å². The van der Waals surface area contributed by atoms with Crippen LogP contribution in [0.5, 0.6) is 5.75 Å². The Labute approximate surface area is 107 Å². The largest absolute Gasteiger partial charge is 0.496 e. The van der Waals surface area contributed by atoms with Gasteiger partial charge >= 0.3 is 0 Å². The van der Waals surface area contributed by atoms with E-state index in [1.807, 2.05) is 0 Å². The normalized spacial score (nSPS) is 20.7. The second kappa shape index (κ2) is 5.26. The minimum absolute atomic E-state index is 0.171. The summed E-state index contributed by atoms with van der Waals surface area (Å²) in [4.78, 5) is 0.285. The molecule has 1 saturated heterocycles. The van der Waals surface area contributed by atoms with Crippen molar-refractivity contribution in [1.82, 2.24) is 5.32 Å². The van der Waals surface area contributed by atoms with Crippen molar-refractivity contribution in [2.24, 2.45) is 0 Å². The summed E-state index contributed by atoms with van der Waals surface area (Å²) >= 11 is 0. The topological polar surface area (TPSA) is 64.6 Å². The van der Waals surface area contributed by atoms with E-state index >= 15 is 0 Å². The van der Waals surface area contributed by atoms with Crippen molar-refractivity contribution < 1.29 is 17.9 Å². The predicted molar refractivity (Wildman–Crippen MR) is 67.7 cm³/mol. The van der Waals surface area contributed by atoms with Crippen molar-refractivity contribution in [3.05, 3.63) is 23.8 Å². The first-order valence-corrected chi connectivity index (χ1v) is 7.62. The van der Waals surface area contributed by atoms with Crippen LogP contribution in [0.25, 0.3) is 0 Å². The lowest BCUT2D eigenvalue weighted by Crippen LogP contribution is -2.33. The molecule has 1 aliphatic heterocycles. The summed E-state index contributed by atoms with van der Waals surface area (Å²) in [5.41, 5.74) is 0.771. The Morgan fingerprint density at radius 3 is 2.78 bits per heavy atom. The van der Waals surface area contributed by atoms with Gasteiger partial charge in [-0.2, -0.15) is 0 Å². The van der Waals surface area contributed by atoms with Crippen LogP contribution >= 0.6 is 0 Å². The van der Waals surface area contributed by atoms with E-state index in [2.05, 4.69) is 5.32 Å². The zero-order valence-electron chi connectivity index (χ0n) is 10.5. The molecule has 0 bridgehead atoms. The SMILES string of the molecule is COc1ccc(S(C)(=O)=O)cc1C1CNCCO1. The summed E-state index contributed by atoms with van der Waals surface area (Å²) in [7, 11) is -1.66. The van der Waals surface area contributed by atoms with Crippen LogP contribution < -0.4 is 10.1 Å². The van der Waals surface area contributed by atoms with Gasteiger partial charge in [0.05, 0.1) is 24.7 Å². The number of sulfone groups is 1. The first-order chi connectivity index (χ1) is 8.52. The summed E-state index contributed by atoms with van der Waals surface area (Å²) in [5.74, 6) is 0.649. The molecule has 0 aliphatic carbocycles. The summed E-state index contributed by atoms with van der Waals surface area (Å²) in [6.07, 6.45) is 1.02. The number of rotatable bonds is 3. The average molecular weight is 271 g/mol. The molecule has 6 heteroatoms. The molecule has 1 unspecified atom stereocenters. The van der Waals surface area contributed by atoms with E-state index in [1.54, 1.807) is 25.3 Å². The van der Waals surface area contributed by atoms with Crippen LogP contribution in [0, 0.1) is 0 Å². The quantitative estimate of drug-likeness (QED) is 0.879. The molecule has 0 radical (unpaired) electrons.